The number of aromatic nitrogens is 1. The van der Waals surface area contributed by atoms with Crippen LogP contribution < -0.4 is 4.90 Å². The highest BCUT2D eigenvalue weighted by molar-refractivity contribution is 6.36. The van der Waals surface area contributed by atoms with Crippen molar-refractivity contribution in [3.8, 4) is 27.9 Å². The summed E-state index contributed by atoms with van der Waals surface area (Å²) in [6.45, 7) is 7.56. The molecule has 5 nitrogen and oxygen atoms in total. The largest absolute Gasteiger partial charge is 0.308 e. The highest BCUT2D eigenvalue weighted by Crippen LogP contribution is 2.42. The van der Waals surface area contributed by atoms with Gasteiger partial charge in [0.2, 0.25) is 0 Å². The molecular formula is C39H23N3O2. The standard InChI is InChI=1S/C39H23N3O2/c1-40-27-15-9-14-26(24-27)29-18-10-19-31-30-17-6-8-22-34(30)41(37(29)31)35-23-11-20-32-36(35)39(44)42(38(32)43)33-21-7-5-16-28(33)25-12-3-2-4-13-25/h2-24H. The van der Waals surface area contributed by atoms with E-state index >= 15 is 0 Å². The number of benzene rings is 6. The van der Waals surface area contributed by atoms with Crippen molar-refractivity contribution < 1.29 is 9.59 Å². The van der Waals surface area contributed by atoms with Crippen LogP contribution in [0.2, 0.25) is 0 Å². The molecule has 0 unspecified atom stereocenters. The summed E-state index contributed by atoms with van der Waals surface area (Å²) in [5.74, 6) is -0.705. The van der Waals surface area contributed by atoms with Gasteiger partial charge in [0.05, 0.1) is 40.1 Å². The highest BCUT2D eigenvalue weighted by atomic mass is 16.2. The van der Waals surface area contributed by atoms with E-state index < -0.39 is 0 Å². The van der Waals surface area contributed by atoms with Crippen LogP contribution in [0.5, 0.6) is 0 Å². The second-order valence-electron chi connectivity index (χ2n) is 10.7. The van der Waals surface area contributed by atoms with E-state index in [0.717, 1.165) is 44.1 Å². The second-order valence-corrected chi connectivity index (χ2v) is 10.7. The van der Waals surface area contributed by atoms with Crippen LogP contribution in [0, 0.1) is 6.57 Å². The summed E-state index contributed by atoms with van der Waals surface area (Å²) in [4.78, 5) is 33.5. The average Bonchev–Trinajstić information content (AvgIpc) is 3.56. The van der Waals surface area contributed by atoms with Gasteiger partial charge >= 0.3 is 0 Å². The fourth-order valence-electron chi connectivity index (χ4n) is 6.45. The Balaban J connectivity index is 1.39. The molecule has 44 heavy (non-hydrogen) atoms. The number of nitrogens with zero attached hydrogens (tertiary/aromatic N) is 3. The van der Waals surface area contributed by atoms with Crippen molar-refractivity contribution in [3.05, 3.63) is 162 Å². The molecule has 8 rings (SSSR count). The lowest BCUT2D eigenvalue weighted by Crippen LogP contribution is -2.30. The van der Waals surface area contributed by atoms with Crippen LogP contribution in [-0.4, -0.2) is 16.4 Å². The monoisotopic (exact) mass is 565 g/mol. The fourth-order valence-corrected chi connectivity index (χ4v) is 6.45. The number of hydrogen-bond acceptors (Lipinski definition) is 2. The smallest absolute Gasteiger partial charge is 0.268 e. The van der Waals surface area contributed by atoms with Crippen LogP contribution in [0.1, 0.15) is 20.7 Å². The van der Waals surface area contributed by atoms with Crippen molar-refractivity contribution in [2.75, 3.05) is 4.90 Å². The predicted octanol–water partition coefficient (Wildman–Crippen LogP) is 9.47. The van der Waals surface area contributed by atoms with Gasteiger partial charge in [-0.05, 0) is 41.5 Å². The lowest BCUT2D eigenvalue weighted by molar-refractivity contribution is 0.0926. The number of para-hydroxylation sites is 3. The van der Waals surface area contributed by atoms with Crippen LogP contribution in [0.3, 0.4) is 0 Å². The Kier molecular flexibility index (Phi) is 5.75. The topological polar surface area (TPSA) is 46.7 Å². The van der Waals surface area contributed by atoms with E-state index in [0.29, 0.717) is 28.2 Å². The maximum absolute atomic E-state index is 14.5. The number of rotatable bonds is 4. The number of carbonyl (C=O) groups excluding carboxylic acids is 2. The van der Waals surface area contributed by atoms with E-state index in [1.807, 2.05) is 115 Å². The first-order valence-electron chi connectivity index (χ1n) is 14.3. The molecule has 2 amide bonds. The first kappa shape index (κ1) is 25.5. The lowest BCUT2D eigenvalue weighted by atomic mass is 10.0. The molecule has 7 aromatic rings. The third-order valence-electron chi connectivity index (χ3n) is 8.34. The third kappa shape index (κ3) is 3.72. The van der Waals surface area contributed by atoms with Crippen molar-refractivity contribution in [2.24, 2.45) is 0 Å². The molecule has 0 saturated carbocycles. The molecular weight excluding hydrogens is 542 g/mol. The van der Waals surface area contributed by atoms with Gasteiger partial charge in [0.25, 0.3) is 11.8 Å². The van der Waals surface area contributed by atoms with Gasteiger partial charge in [-0.15, -0.1) is 0 Å². The molecule has 0 bridgehead atoms. The Morgan fingerprint density at radius 3 is 2.02 bits per heavy atom. The van der Waals surface area contributed by atoms with Crippen LogP contribution in [0.25, 0.3) is 54.6 Å². The van der Waals surface area contributed by atoms with Crippen molar-refractivity contribution in [1.29, 1.82) is 0 Å². The van der Waals surface area contributed by atoms with Crippen molar-refractivity contribution in [2.45, 2.75) is 0 Å². The first-order valence-corrected chi connectivity index (χ1v) is 14.3. The molecule has 0 saturated heterocycles. The molecule has 0 atom stereocenters. The average molecular weight is 566 g/mol. The quantitative estimate of drug-likeness (QED) is 0.158. The van der Waals surface area contributed by atoms with E-state index in [-0.39, 0.29) is 11.8 Å². The number of carbonyl (C=O) groups is 2. The van der Waals surface area contributed by atoms with Gasteiger partial charge in [-0.1, -0.05) is 109 Å². The van der Waals surface area contributed by atoms with Crippen molar-refractivity contribution in [3.63, 3.8) is 0 Å². The fraction of sp³-hybridized carbons (Fsp3) is 0. The van der Waals surface area contributed by atoms with Crippen LogP contribution in [-0.2, 0) is 0 Å². The van der Waals surface area contributed by atoms with E-state index in [9.17, 15) is 9.59 Å². The van der Waals surface area contributed by atoms with Gasteiger partial charge in [0.1, 0.15) is 0 Å². The molecule has 0 aliphatic carbocycles. The normalized spacial score (nSPS) is 12.6. The lowest BCUT2D eigenvalue weighted by Gasteiger charge is -2.19. The Morgan fingerprint density at radius 2 is 1.16 bits per heavy atom. The summed E-state index contributed by atoms with van der Waals surface area (Å²) in [5.41, 5.74) is 7.89. The van der Waals surface area contributed by atoms with Gasteiger partial charge < -0.3 is 4.57 Å². The first-order chi connectivity index (χ1) is 21.7. The predicted molar refractivity (Wildman–Crippen MR) is 175 cm³/mol. The third-order valence-corrected chi connectivity index (χ3v) is 8.34. The maximum Gasteiger partial charge on any atom is 0.268 e. The minimum atomic E-state index is -0.359. The summed E-state index contributed by atoms with van der Waals surface area (Å²) >= 11 is 0. The van der Waals surface area contributed by atoms with Gasteiger partial charge in [-0.3, -0.25) is 9.59 Å². The second kappa shape index (κ2) is 9.94. The van der Waals surface area contributed by atoms with Crippen LogP contribution in [0.15, 0.2) is 140 Å². The summed E-state index contributed by atoms with van der Waals surface area (Å²) < 4.78 is 2.10. The van der Waals surface area contributed by atoms with Gasteiger partial charge in [0.15, 0.2) is 5.69 Å². The summed E-state index contributed by atoms with van der Waals surface area (Å²) in [6.07, 6.45) is 0. The van der Waals surface area contributed by atoms with Crippen molar-refractivity contribution >= 4 is 45.0 Å². The Labute approximate surface area is 253 Å². The Hall–Kier alpha value is -6.25. The molecule has 1 aliphatic heterocycles. The highest BCUT2D eigenvalue weighted by Gasteiger charge is 2.40. The number of fused-ring (bicyclic) bond motifs is 4. The zero-order valence-corrected chi connectivity index (χ0v) is 23.4. The molecule has 2 heterocycles. The Bertz CT molecular complexity index is 2340. The van der Waals surface area contributed by atoms with Crippen LogP contribution in [0.4, 0.5) is 11.4 Å². The molecule has 0 fully saturated rings. The molecule has 0 radical (unpaired) electrons. The number of imide groups is 1. The van der Waals surface area contributed by atoms with Gasteiger partial charge in [-0.25, -0.2) is 9.74 Å². The molecule has 0 N–H and O–H groups in total. The number of hydrogen-bond donors (Lipinski definition) is 0. The molecule has 1 aromatic heterocycles. The van der Waals surface area contributed by atoms with E-state index in [4.69, 9.17) is 6.57 Å². The van der Waals surface area contributed by atoms with Gasteiger partial charge in [0, 0.05) is 21.9 Å². The number of amides is 2. The minimum absolute atomic E-state index is 0.346. The Morgan fingerprint density at radius 1 is 0.523 bits per heavy atom. The summed E-state index contributed by atoms with van der Waals surface area (Å²) in [7, 11) is 0. The molecule has 0 spiro atoms. The maximum atomic E-state index is 14.5. The summed E-state index contributed by atoms with van der Waals surface area (Å²) in [6, 6.07) is 44.6. The van der Waals surface area contributed by atoms with Crippen LogP contribution >= 0.6 is 0 Å². The van der Waals surface area contributed by atoms with E-state index in [2.05, 4.69) is 21.5 Å². The van der Waals surface area contributed by atoms with E-state index in [1.54, 1.807) is 12.1 Å². The minimum Gasteiger partial charge on any atom is -0.308 e. The zero-order chi connectivity index (χ0) is 29.8. The summed E-state index contributed by atoms with van der Waals surface area (Å²) in [5, 5.41) is 2.05. The molecule has 5 heteroatoms. The number of anilines is 1. The molecule has 6 aromatic carbocycles. The van der Waals surface area contributed by atoms with Crippen molar-refractivity contribution in [1.82, 2.24) is 4.57 Å². The molecule has 1 aliphatic rings. The SMILES string of the molecule is [C-]#[N+]c1cccc(-c2cccc3c4ccccc4n(-c4cccc5c4C(=O)N(c4ccccc4-c4ccccc4)C5=O)c23)c1. The van der Waals surface area contributed by atoms with E-state index in [1.165, 1.54) is 4.90 Å². The van der Waals surface area contributed by atoms with Gasteiger partial charge in [-0.2, -0.15) is 0 Å². The zero-order valence-electron chi connectivity index (χ0n) is 23.4. The molecule has 206 valence electrons.